The maximum absolute atomic E-state index is 12.8. The fraction of sp³-hybridized carbons (Fsp3) is 0.625. The molecule has 0 spiro atoms. The lowest BCUT2D eigenvalue weighted by molar-refractivity contribution is -0.144. The first-order valence-electron chi connectivity index (χ1n) is 8.50. The quantitative estimate of drug-likeness (QED) is 0.887. The van der Waals surface area contributed by atoms with Gasteiger partial charge in [0.25, 0.3) is 11.6 Å². The monoisotopic (exact) mass is 370 g/mol. The summed E-state index contributed by atoms with van der Waals surface area (Å²) in [6.07, 6.45) is -2.19. The standard InChI is InChI=1S/C16H21F3N6O/c1-9-12(5-6-13(26)24-7-3-4-11(20)8-24)10(2)25-15(21-9)22-14(23-25)16(17,18)19/h11H,3-8,20H2,1-2H3. The average Bonchev–Trinajstić information content (AvgIpc) is 2.99. The summed E-state index contributed by atoms with van der Waals surface area (Å²) in [5.74, 6) is -1.32. The zero-order chi connectivity index (χ0) is 19.1. The van der Waals surface area contributed by atoms with Crippen LogP contribution in [-0.2, 0) is 17.4 Å². The van der Waals surface area contributed by atoms with Gasteiger partial charge < -0.3 is 10.6 Å². The van der Waals surface area contributed by atoms with Gasteiger partial charge in [-0.3, -0.25) is 4.79 Å². The van der Waals surface area contributed by atoms with Crippen molar-refractivity contribution in [3.8, 4) is 0 Å². The molecular weight excluding hydrogens is 349 g/mol. The molecule has 1 fully saturated rings. The number of fused-ring (bicyclic) bond motifs is 1. The maximum atomic E-state index is 12.8. The van der Waals surface area contributed by atoms with Crippen LogP contribution in [0.1, 0.15) is 42.0 Å². The van der Waals surface area contributed by atoms with Gasteiger partial charge in [-0.05, 0) is 38.7 Å². The summed E-state index contributed by atoms with van der Waals surface area (Å²) in [5, 5.41) is 3.52. The Kier molecular flexibility index (Phi) is 4.87. The summed E-state index contributed by atoms with van der Waals surface area (Å²) in [5.41, 5.74) is 7.68. The number of alkyl halides is 3. The molecule has 2 aromatic heterocycles. The van der Waals surface area contributed by atoms with E-state index >= 15 is 0 Å². The molecule has 1 unspecified atom stereocenters. The highest BCUT2D eigenvalue weighted by Gasteiger charge is 2.37. The average molecular weight is 370 g/mol. The molecule has 1 saturated heterocycles. The number of hydrogen-bond acceptors (Lipinski definition) is 5. The zero-order valence-electron chi connectivity index (χ0n) is 14.7. The van der Waals surface area contributed by atoms with Crippen LogP contribution in [0.2, 0.25) is 0 Å². The highest BCUT2D eigenvalue weighted by molar-refractivity contribution is 5.76. The summed E-state index contributed by atoms with van der Waals surface area (Å²) in [4.78, 5) is 21.7. The molecule has 0 bridgehead atoms. The second kappa shape index (κ2) is 6.82. The molecule has 2 aromatic rings. The smallest absolute Gasteiger partial charge is 0.341 e. The number of rotatable bonds is 3. The lowest BCUT2D eigenvalue weighted by Crippen LogP contribution is -2.45. The molecule has 7 nitrogen and oxygen atoms in total. The lowest BCUT2D eigenvalue weighted by Gasteiger charge is -2.31. The molecule has 1 atom stereocenters. The van der Waals surface area contributed by atoms with Gasteiger partial charge in [-0.25, -0.2) is 9.50 Å². The number of carbonyl (C=O) groups excluding carboxylic acids is 1. The van der Waals surface area contributed by atoms with Crippen LogP contribution in [0.15, 0.2) is 0 Å². The number of piperidine rings is 1. The van der Waals surface area contributed by atoms with Crippen LogP contribution in [-0.4, -0.2) is 49.5 Å². The molecule has 1 amide bonds. The molecule has 3 rings (SSSR count). The van der Waals surface area contributed by atoms with E-state index in [0.717, 1.165) is 17.4 Å². The van der Waals surface area contributed by atoms with Crippen molar-refractivity contribution in [1.82, 2.24) is 24.5 Å². The molecule has 0 aromatic carbocycles. The second-order valence-corrected chi connectivity index (χ2v) is 6.65. The van der Waals surface area contributed by atoms with E-state index in [1.807, 2.05) is 0 Å². The number of halogens is 3. The Balaban J connectivity index is 1.80. The van der Waals surface area contributed by atoms with Gasteiger partial charge in [-0.15, -0.1) is 5.10 Å². The Morgan fingerprint density at radius 3 is 2.69 bits per heavy atom. The molecular formula is C16H21F3N6O. The van der Waals surface area contributed by atoms with Crippen LogP contribution < -0.4 is 5.73 Å². The number of carbonyl (C=O) groups is 1. The van der Waals surface area contributed by atoms with Gasteiger partial charge in [0, 0.05) is 36.9 Å². The van der Waals surface area contributed by atoms with Crippen molar-refractivity contribution >= 4 is 11.7 Å². The summed E-state index contributed by atoms with van der Waals surface area (Å²) < 4.78 is 39.6. The lowest BCUT2D eigenvalue weighted by atomic mass is 10.0. The van der Waals surface area contributed by atoms with Crippen molar-refractivity contribution in [1.29, 1.82) is 0 Å². The Bertz CT molecular complexity index is 831. The van der Waals surface area contributed by atoms with E-state index < -0.39 is 12.0 Å². The first kappa shape index (κ1) is 18.6. The molecule has 0 saturated carbocycles. The van der Waals surface area contributed by atoms with Gasteiger partial charge in [0.15, 0.2) is 0 Å². The second-order valence-electron chi connectivity index (χ2n) is 6.65. The minimum atomic E-state index is -4.63. The number of nitrogens with zero attached hydrogens (tertiary/aromatic N) is 5. The Hall–Kier alpha value is -2.23. The highest BCUT2D eigenvalue weighted by Crippen LogP contribution is 2.27. The molecule has 26 heavy (non-hydrogen) atoms. The van der Waals surface area contributed by atoms with Gasteiger partial charge in [-0.1, -0.05) is 0 Å². The zero-order valence-corrected chi connectivity index (χ0v) is 14.7. The summed E-state index contributed by atoms with van der Waals surface area (Å²) in [6, 6.07) is 0.00475. The van der Waals surface area contributed by atoms with Crippen molar-refractivity contribution in [2.24, 2.45) is 5.73 Å². The molecule has 142 valence electrons. The Morgan fingerprint density at radius 1 is 1.31 bits per heavy atom. The number of amides is 1. The summed E-state index contributed by atoms with van der Waals surface area (Å²) >= 11 is 0. The Labute approximate surface area is 148 Å². The van der Waals surface area contributed by atoms with Crippen molar-refractivity contribution in [2.45, 2.75) is 51.7 Å². The predicted molar refractivity (Wildman–Crippen MR) is 87.4 cm³/mol. The number of aromatic nitrogens is 4. The third-order valence-electron chi connectivity index (χ3n) is 4.70. The van der Waals surface area contributed by atoms with Crippen LogP contribution in [0.3, 0.4) is 0 Å². The van der Waals surface area contributed by atoms with Crippen molar-refractivity contribution < 1.29 is 18.0 Å². The summed E-state index contributed by atoms with van der Waals surface area (Å²) in [6.45, 7) is 4.60. The van der Waals surface area contributed by atoms with Gasteiger partial charge in [0.05, 0.1) is 0 Å². The third-order valence-corrected chi connectivity index (χ3v) is 4.70. The normalized spacial score (nSPS) is 18.5. The van der Waals surface area contributed by atoms with E-state index in [2.05, 4.69) is 15.1 Å². The van der Waals surface area contributed by atoms with Crippen molar-refractivity contribution in [3.05, 3.63) is 22.8 Å². The first-order valence-corrected chi connectivity index (χ1v) is 8.50. The van der Waals surface area contributed by atoms with Crippen LogP contribution >= 0.6 is 0 Å². The fourth-order valence-electron chi connectivity index (χ4n) is 3.32. The van der Waals surface area contributed by atoms with Crippen molar-refractivity contribution in [3.63, 3.8) is 0 Å². The largest absolute Gasteiger partial charge is 0.453 e. The molecule has 2 N–H and O–H groups in total. The van der Waals surface area contributed by atoms with Crippen LogP contribution in [0.5, 0.6) is 0 Å². The minimum absolute atomic E-state index is 0.00475. The predicted octanol–water partition coefficient (Wildman–Crippen LogP) is 1.64. The van der Waals surface area contributed by atoms with Gasteiger partial charge in [-0.2, -0.15) is 18.2 Å². The molecule has 10 heteroatoms. The van der Waals surface area contributed by atoms with E-state index in [1.165, 1.54) is 0 Å². The summed E-state index contributed by atoms with van der Waals surface area (Å²) in [7, 11) is 0. The molecule has 0 aliphatic carbocycles. The highest BCUT2D eigenvalue weighted by atomic mass is 19.4. The van der Waals surface area contributed by atoms with Crippen LogP contribution in [0.4, 0.5) is 13.2 Å². The maximum Gasteiger partial charge on any atom is 0.453 e. The Morgan fingerprint density at radius 2 is 2.04 bits per heavy atom. The number of hydrogen-bond donors (Lipinski definition) is 1. The molecule has 3 heterocycles. The first-order chi connectivity index (χ1) is 12.2. The number of likely N-dealkylation sites (tertiary alicyclic amines) is 1. The van der Waals surface area contributed by atoms with E-state index in [4.69, 9.17) is 5.73 Å². The fourth-order valence-corrected chi connectivity index (χ4v) is 3.32. The topological polar surface area (TPSA) is 89.4 Å². The van der Waals surface area contributed by atoms with E-state index in [0.29, 0.717) is 36.5 Å². The SMILES string of the molecule is Cc1nc2nc(C(F)(F)F)nn2c(C)c1CCC(=O)N1CCCC(N)C1. The van der Waals surface area contributed by atoms with E-state index in [1.54, 1.807) is 18.7 Å². The molecule has 1 aliphatic heterocycles. The van der Waals surface area contributed by atoms with E-state index in [-0.39, 0.29) is 24.1 Å². The third kappa shape index (κ3) is 3.64. The van der Waals surface area contributed by atoms with Gasteiger partial charge in [0.1, 0.15) is 0 Å². The molecule has 0 radical (unpaired) electrons. The molecule has 1 aliphatic rings. The van der Waals surface area contributed by atoms with Crippen molar-refractivity contribution in [2.75, 3.05) is 13.1 Å². The van der Waals surface area contributed by atoms with Gasteiger partial charge in [0.2, 0.25) is 5.91 Å². The number of nitrogens with two attached hydrogens (primary N) is 1. The van der Waals surface area contributed by atoms with Gasteiger partial charge >= 0.3 is 6.18 Å². The van der Waals surface area contributed by atoms with Crippen LogP contribution in [0, 0.1) is 13.8 Å². The number of aryl methyl sites for hydroxylation is 2. The van der Waals surface area contributed by atoms with E-state index in [9.17, 15) is 18.0 Å². The minimum Gasteiger partial charge on any atom is -0.341 e. The van der Waals surface area contributed by atoms with Crippen LogP contribution in [0.25, 0.3) is 5.78 Å².